The van der Waals surface area contributed by atoms with Gasteiger partial charge in [0.1, 0.15) is 0 Å². The molecule has 1 N–H and O–H groups in total. The van der Waals surface area contributed by atoms with E-state index in [-0.39, 0.29) is 11.8 Å². The first kappa shape index (κ1) is 14.1. The SMILES string of the molecule is CCN(CC)Cc1cccc(NC(=O)C2CCC2)c1. The van der Waals surface area contributed by atoms with E-state index in [1.165, 1.54) is 12.0 Å². The van der Waals surface area contributed by atoms with Crippen LogP contribution in [-0.2, 0) is 11.3 Å². The summed E-state index contributed by atoms with van der Waals surface area (Å²) in [6, 6.07) is 8.21. The van der Waals surface area contributed by atoms with Crippen LogP contribution in [0.1, 0.15) is 38.7 Å². The summed E-state index contributed by atoms with van der Waals surface area (Å²) in [6.45, 7) is 7.39. The lowest BCUT2D eigenvalue weighted by Gasteiger charge is -2.24. The Morgan fingerprint density at radius 3 is 2.63 bits per heavy atom. The van der Waals surface area contributed by atoms with Crippen LogP contribution in [0.4, 0.5) is 5.69 Å². The van der Waals surface area contributed by atoms with Crippen LogP contribution in [0.15, 0.2) is 24.3 Å². The molecule has 3 heteroatoms. The van der Waals surface area contributed by atoms with Gasteiger partial charge in [-0.05, 0) is 43.6 Å². The molecule has 0 atom stereocenters. The minimum Gasteiger partial charge on any atom is -0.326 e. The van der Waals surface area contributed by atoms with E-state index in [0.717, 1.165) is 38.2 Å². The van der Waals surface area contributed by atoms with Crippen LogP contribution in [0.5, 0.6) is 0 Å². The lowest BCUT2D eigenvalue weighted by molar-refractivity contribution is -0.122. The summed E-state index contributed by atoms with van der Waals surface area (Å²) in [4.78, 5) is 14.3. The lowest BCUT2D eigenvalue weighted by atomic mass is 9.85. The van der Waals surface area contributed by atoms with Gasteiger partial charge in [-0.2, -0.15) is 0 Å². The first-order chi connectivity index (χ1) is 9.22. The molecule has 0 aromatic heterocycles. The molecule has 1 saturated carbocycles. The normalized spacial score (nSPS) is 15.3. The standard InChI is InChI=1S/C16H24N2O/c1-3-18(4-2)12-13-7-5-10-15(11-13)17-16(19)14-8-6-9-14/h5,7,10-11,14H,3-4,6,8-9,12H2,1-2H3,(H,17,19). The van der Waals surface area contributed by atoms with E-state index in [2.05, 4.69) is 36.2 Å². The van der Waals surface area contributed by atoms with Gasteiger partial charge in [-0.25, -0.2) is 0 Å². The third-order valence-electron chi connectivity index (χ3n) is 3.97. The molecule has 1 fully saturated rings. The molecule has 1 aliphatic rings. The maximum Gasteiger partial charge on any atom is 0.227 e. The van der Waals surface area contributed by atoms with Gasteiger partial charge in [-0.3, -0.25) is 9.69 Å². The van der Waals surface area contributed by atoms with Gasteiger partial charge in [0.25, 0.3) is 0 Å². The third kappa shape index (κ3) is 3.80. The van der Waals surface area contributed by atoms with Crippen LogP contribution in [0.2, 0.25) is 0 Å². The Hall–Kier alpha value is -1.35. The van der Waals surface area contributed by atoms with Gasteiger partial charge < -0.3 is 5.32 Å². The second-order valence-corrected chi connectivity index (χ2v) is 5.28. The van der Waals surface area contributed by atoms with Crippen molar-refractivity contribution in [2.75, 3.05) is 18.4 Å². The monoisotopic (exact) mass is 260 g/mol. The number of rotatable bonds is 6. The molecule has 2 rings (SSSR count). The van der Waals surface area contributed by atoms with Gasteiger partial charge in [-0.15, -0.1) is 0 Å². The summed E-state index contributed by atoms with van der Waals surface area (Å²) in [5.41, 5.74) is 2.19. The minimum atomic E-state index is 0.186. The van der Waals surface area contributed by atoms with Crippen molar-refractivity contribution in [1.29, 1.82) is 0 Å². The molecule has 0 bridgehead atoms. The highest BCUT2D eigenvalue weighted by Gasteiger charge is 2.25. The number of carbonyl (C=O) groups is 1. The Labute approximate surface area is 116 Å². The summed E-state index contributed by atoms with van der Waals surface area (Å²) in [5, 5.41) is 3.04. The molecule has 0 aliphatic heterocycles. The van der Waals surface area contributed by atoms with Gasteiger partial charge in [0.15, 0.2) is 0 Å². The number of benzene rings is 1. The summed E-state index contributed by atoms with van der Waals surface area (Å²) in [7, 11) is 0. The van der Waals surface area contributed by atoms with Gasteiger partial charge >= 0.3 is 0 Å². The van der Waals surface area contributed by atoms with Crippen molar-refractivity contribution in [2.24, 2.45) is 5.92 Å². The fourth-order valence-electron chi connectivity index (χ4n) is 2.37. The van der Waals surface area contributed by atoms with Crippen molar-refractivity contribution in [3.8, 4) is 0 Å². The molecular weight excluding hydrogens is 236 g/mol. The number of nitrogens with zero attached hydrogens (tertiary/aromatic N) is 1. The van der Waals surface area contributed by atoms with E-state index in [0.29, 0.717) is 0 Å². The lowest BCUT2D eigenvalue weighted by Crippen LogP contribution is -2.28. The number of hydrogen-bond donors (Lipinski definition) is 1. The van der Waals surface area contributed by atoms with Crippen LogP contribution in [0.3, 0.4) is 0 Å². The average Bonchev–Trinajstić information content (AvgIpc) is 2.34. The Kier molecular flexibility index (Phi) is 4.97. The predicted octanol–water partition coefficient (Wildman–Crippen LogP) is 3.27. The van der Waals surface area contributed by atoms with Crippen molar-refractivity contribution in [2.45, 2.75) is 39.7 Å². The molecule has 0 spiro atoms. The zero-order chi connectivity index (χ0) is 13.7. The number of anilines is 1. The second-order valence-electron chi connectivity index (χ2n) is 5.28. The van der Waals surface area contributed by atoms with E-state index in [4.69, 9.17) is 0 Å². The molecule has 0 radical (unpaired) electrons. The van der Waals surface area contributed by atoms with Crippen molar-refractivity contribution in [3.63, 3.8) is 0 Å². The zero-order valence-electron chi connectivity index (χ0n) is 12.0. The molecule has 0 saturated heterocycles. The highest BCUT2D eigenvalue weighted by Crippen LogP contribution is 2.27. The molecular formula is C16H24N2O. The quantitative estimate of drug-likeness (QED) is 0.851. The van der Waals surface area contributed by atoms with Crippen molar-refractivity contribution in [3.05, 3.63) is 29.8 Å². The summed E-state index contributed by atoms with van der Waals surface area (Å²) in [6.07, 6.45) is 3.29. The highest BCUT2D eigenvalue weighted by molar-refractivity contribution is 5.93. The number of carbonyl (C=O) groups excluding carboxylic acids is 1. The molecule has 3 nitrogen and oxygen atoms in total. The molecule has 0 unspecified atom stereocenters. The summed E-state index contributed by atoms with van der Waals surface area (Å²) >= 11 is 0. The number of nitrogens with one attached hydrogen (secondary N) is 1. The molecule has 0 heterocycles. The van der Waals surface area contributed by atoms with E-state index < -0.39 is 0 Å². The molecule has 19 heavy (non-hydrogen) atoms. The molecule has 1 aromatic carbocycles. The fraction of sp³-hybridized carbons (Fsp3) is 0.562. The average molecular weight is 260 g/mol. The van der Waals surface area contributed by atoms with Gasteiger partial charge in [0.2, 0.25) is 5.91 Å². The maximum atomic E-state index is 11.9. The van der Waals surface area contributed by atoms with Crippen LogP contribution in [-0.4, -0.2) is 23.9 Å². The first-order valence-corrected chi connectivity index (χ1v) is 7.35. The van der Waals surface area contributed by atoms with Crippen molar-refractivity contribution >= 4 is 11.6 Å². The minimum absolute atomic E-state index is 0.186. The topological polar surface area (TPSA) is 32.3 Å². The second kappa shape index (κ2) is 6.71. The summed E-state index contributed by atoms with van der Waals surface area (Å²) < 4.78 is 0. The predicted molar refractivity (Wildman–Crippen MR) is 79.0 cm³/mol. The fourth-order valence-corrected chi connectivity index (χ4v) is 2.37. The highest BCUT2D eigenvalue weighted by atomic mass is 16.1. The Morgan fingerprint density at radius 2 is 2.05 bits per heavy atom. The maximum absolute atomic E-state index is 11.9. The zero-order valence-corrected chi connectivity index (χ0v) is 12.0. The van der Waals surface area contributed by atoms with Gasteiger partial charge in [-0.1, -0.05) is 32.4 Å². The number of hydrogen-bond acceptors (Lipinski definition) is 2. The molecule has 1 amide bonds. The number of amides is 1. The first-order valence-electron chi connectivity index (χ1n) is 7.35. The van der Waals surface area contributed by atoms with Crippen molar-refractivity contribution in [1.82, 2.24) is 4.90 Å². The largest absolute Gasteiger partial charge is 0.326 e. The van der Waals surface area contributed by atoms with Gasteiger partial charge in [0, 0.05) is 18.2 Å². The van der Waals surface area contributed by atoms with Crippen LogP contribution < -0.4 is 5.32 Å². The molecule has 1 aliphatic carbocycles. The van der Waals surface area contributed by atoms with Crippen LogP contribution >= 0.6 is 0 Å². The molecule has 1 aromatic rings. The van der Waals surface area contributed by atoms with Crippen molar-refractivity contribution < 1.29 is 4.79 Å². The van der Waals surface area contributed by atoms with E-state index in [1.807, 2.05) is 12.1 Å². The Bertz CT molecular complexity index is 423. The van der Waals surface area contributed by atoms with Crippen LogP contribution in [0.25, 0.3) is 0 Å². The molecule has 104 valence electrons. The van der Waals surface area contributed by atoms with Gasteiger partial charge in [0.05, 0.1) is 0 Å². The van der Waals surface area contributed by atoms with E-state index in [1.54, 1.807) is 0 Å². The van der Waals surface area contributed by atoms with E-state index >= 15 is 0 Å². The van der Waals surface area contributed by atoms with E-state index in [9.17, 15) is 4.79 Å². The smallest absolute Gasteiger partial charge is 0.227 e. The van der Waals surface area contributed by atoms with Crippen LogP contribution in [0, 0.1) is 5.92 Å². The Morgan fingerprint density at radius 1 is 1.32 bits per heavy atom. The Balaban J connectivity index is 1.96. The summed E-state index contributed by atoms with van der Waals surface area (Å²) in [5.74, 6) is 0.428. The third-order valence-corrected chi connectivity index (χ3v) is 3.97.